The first-order valence-electron chi connectivity index (χ1n) is 6.82. The second kappa shape index (κ2) is 5.77. The van der Waals surface area contributed by atoms with Crippen LogP contribution in [0.2, 0.25) is 0 Å². The van der Waals surface area contributed by atoms with Crippen molar-refractivity contribution in [3.8, 4) is 0 Å². The van der Waals surface area contributed by atoms with Crippen LogP contribution in [0.4, 0.5) is 5.69 Å². The van der Waals surface area contributed by atoms with Crippen LogP contribution < -0.4 is 5.56 Å². The van der Waals surface area contributed by atoms with Crippen molar-refractivity contribution >= 4 is 16.6 Å². The number of hydrogen-bond acceptors (Lipinski definition) is 4. The van der Waals surface area contributed by atoms with Crippen LogP contribution in [0.1, 0.15) is 5.56 Å². The zero-order valence-electron chi connectivity index (χ0n) is 11.7. The third kappa shape index (κ3) is 2.71. The molecule has 0 bridgehead atoms. The van der Waals surface area contributed by atoms with Gasteiger partial charge in [-0.2, -0.15) is 0 Å². The molecule has 0 aliphatic carbocycles. The van der Waals surface area contributed by atoms with Crippen molar-refractivity contribution in [1.29, 1.82) is 0 Å². The first-order valence-corrected chi connectivity index (χ1v) is 6.82. The SMILES string of the molecule is O=c1c2cc([N+](=O)[O-])ccc2ncn1CCc1ccccc1. The number of rotatable bonds is 4. The molecule has 0 amide bonds. The van der Waals surface area contributed by atoms with Crippen LogP contribution in [0.15, 0.2) is 59.7 Å². The number of nitro groups is 1. The van der Waals surface area contributed by atoms with Crippen molar-refractivity contribution in [1.82, 2.24) is 9.55 Å². The summed E-state index contributed by atoms with van der Waals surface area (Å²) < 4.78 is 1.49. The van der Waals surface area contributed by atoms with E-state index in [0.717, 1.165) is 5.56 Å². The van der Waals surface area contributed by atoms with E-state index in [1.165, 1.54) is 29.1 Å². The normalized spacial score (nSPS) is 10.7. The molecule has 3 rings (SSSR count). The maximum atomic E-state index is 12.4. The Morgan fingerprint density at radius 2 is 1.91 bits per heavy atom. The van der Waals surface area contributed by atoms with Gasteiger partial charge in [0, 0.05) is 18.7 Å². The van der Waals surface area contributed by atoms with Crippen molar-refractivity contribution in [2.45, 2.75) is 13.0 Å². The molecule has 0 aliphatic rings. The van der Waals surface area contributed by atoms with Crippen LogP contribution in [0.5, 0.6) is 0 Å². The standard InChI is InChI=1S/C16H13N3O3/c20-16-14-10-13(19(21)22)6-7-15(14)17-11-18(16)9-8-12-4-2-1-3-5-12/h1-7,10-11H,8-9H2. The second-order valence-corrected chi connectivity index (χ2v) is 4.94. The van der Waals surface area contributed by atoms with E-state index in [1.54, 1.807) is 0 Å². The smallest absolute Gasteiger partial charge is 0.270 e. The topological polar surface area (TPSA) is 78.0 Å². The molecule has 0 unspecified atom stereocenters. The van der Waals surface area contributed by atoms with Gasteiger partial charge in [0.05, 0.1) is 22.2 Å². The molecule has 0 saturated heterocycles. The molecule has 22 heavy (non-hydrogen) atoms. The maximum Gasteiger partial charge on any atom is 0.270 e. The van der Waals surface area contributed by atoms with Gasteiger partial charge in [0.1, 0.15) is 0 Å². The molecule has 0 spiro atoms. The fourth-order valence-electron chi connectivity index (χ4n) is 2.31. The average molecular weight is 295 g/mol. The fourth-order valence-corrected chi connectivity index (χ4v) is 2.31. The summed E-state index contributed by atoms with van der Waals surface area (Å²) >= 11 is 0. The summed E-state index contributed by atoms with van der Waals surface area (Å²) in [5.41, 5.74) is 1.22. The third-order valence-electron chi connectivity index (χ3n) is 3.50. The van der Waals surface area contributed by atoms with E-state index in [1.807, 2.05) is 30.3 Å². The molecule has 0 radical (unpaired) electrons. The predicted molar refractivity (Wildman–Crippen MR) is 82.8 cm³/mol. The Bertz CT molecular complexity index is 888. The molecule has 0 fully saturated rings. The van der Waals surface area contributed by atoms with Gasteiger partial charge in [0.2, 0.25) is 0 Å². The molecule has 0 atom stereocenters. The third-order valence-corrected chi connectivity index (χ3v) is 3.50. The van der Waals surface area contributed by atoms with Crippen LogP contribution in [0.25, 0.3) is 10.9 Å². The molecule has 6 heteroatoms. The number of nitrogens with zero attached hydrogens (tertiary/aromatic N) is 3. The van der Waals surface area contributed by atoms with Gasteiger partial charge in [0.25, 0.3) is 11.2 Å². The van der Waals surface area contributed by atoms with Crippen molar-refractivity contribution in [2.24, 2.45) is 0 Å². The largest absolute Gasteiger partial charge is 0.298 e. The maximum absolute atomic E-state index is 12.4. The summed E-state index contributed by atoms with van der Waals surface area (Å²) in [6.07, 6.45) is 2.18. The number of fused-ring (bicyclic) bond motifs is 1. The van der Waals surface area contributed by atoms with Crippen molar-refractivity contribution in [3.05, 3.63) is 80.9 Å². The van der Waals surface area contributed by atoms with Gasteiger partial charge in [0.15, 0.2) is 0 Å². The number of aromatic nitrogens is 2. The van der Waals surface area contributed by atoms with E-state index in [9.17, 15) is 14.9 Å². The first-order chi connectivity index (χ1) is 10.6. The highest BCUT2D eigenvalue weighted by molar-refractivity contribution is 5.79. The Morgan fingerprint density at radius 3 is 2.64 bits per heavy atom. The summed E-state index contributed by atoms with van der Waals surface area (Å²) in [5, 5.41) is 11.1. The lowest BCUT2D eigenvalue weighted by atomic mass is 10.1. The van der Waals surface area contributed by atoms with Crippen LogP contribution >= 0.6 is 0 Å². The molecular formula is C16H13N3O3. The number of nitro benzene ring substituents is 1. The summed E-state index contributed by atoms with van der Waals surface area (Å²) in [5.74, 6) is 0. The minimum absolute atomic E-state index is 0.104. The minimum Gasteiger partial charge on any atom is -0.298 e. The first kappa shape index (κ1) is 13.9. The summed E-state index contributed by atoms with van der Waals surface area (Å²) in [6, 6.07) is 13.9. The van der Waals surface area contributed by atoms with Gasteiger partial charge in [-0.05, 0) is 18.1 Å². The molecule has 3 aromatic rings. The number of aryl methyl sites for hydroxylation is 2. The Morgan fingerprint density at radius 1 is 1.14 bits per heavy atom. The van der Waals surface area contributed by atoms with Crippen LogP contribution in [0, 0.1) is 10.1 Å². The zero-order valence-corrected chi connectivity index (χ0v) is 11.7. The fraction of sp³-hybridized carbons (Fsp3) is 0.125. The van der Waals surface area contributed by atoms with Crippen LogP contribution in [0.3, 0.4) is 0 Å². The van der Waals surface area contributed by atoms with E-state index in [2.05, 4.69) is 4.98 Å². The predicted octanol–water partition coefficient (Wildman–Crippen LogP) is 2.55. The second-order valence-electron chi connectivity index (χ2n) is 4.94. The monoisotopic (exact) mass is 295 g/mol. The Labute approximate surface area is 125 Å². The average Bonchev–Trinajstić information content (AvgIpc) is 2.55. The minimum atomic E-state index is -0.514. The van der Waals surface area contributed by atoms with Crippen LogP contribution in [-0.2, 0) is 13.0 Å². The van der Waals surface area contributed by atoms with E-state index in [0.29, 0.717) is 18.5 Å². The van der Waals surface area contributed by atoms with Gasteiger partial charge in [-0.25, -0.2) is 4.98 Å². The highest BCUT2D eigenvalue weighted by Gasteiger charge is 2.10. The van der Waals surface area contributed by atoms with Gasteiger partial charge >= 0.3 is 0 Å². The van der Waals surface area contributed by atoms with Crippen molar-refractivity contribution in [2.75, 3.05) is 0 Å². The lowest BCUT2D eigenvalue weighted by Gasteiger charge is -2.06. The number of hydrogen-bond donors (Lipinski definition) is 0. The zero-order chi connectivity index (χ0) is 15.5. The molecule has 1 aromatic heterocycles. The van der Waals surface area contributed by atoms with Gasteiger partial charge in [-0.15, -0.1) is 0 Å². The van der Waals surface area contributed by atoms with E-state index in [4.69, 9.17) is 0 Å². The van der Waals surface area contributed by atoms with E-state index >= 15 is 0 Å². The molecule has 0 aliphatic heterocycles. The Kier molecular flexibility index (Phi) is 3.65. The lowest BCUT2D eigenvalue weighted by Crippen LogP contribution is -2.21. The highest BCUT2D eigenvalue weighted by Crippen LogP contribution is 2.16. The lowest BCUT2D eigenvalue weighted by molar-refractivity contribution is -0.384. The van der Waals surface area contributed by atoms with Crippen molar-refractivity contribution < 1.29 is 4.92 Å². The van der Waals surface area contributed by atoms with Crippen molar-refractivity contribution in [3.63, 3.8) is 0 Å². The molecule has 2 aromatic carbocycles. The molecule has 110 valence electrons. The number of non-ortho nitro benzene ring substituents is 1. The van der Waals surface area contributed by atoms with Gasteiger partial charge < -0.3 is 0 Å². The van der Waals surface area contributed by atoms with E-state index in [-0.39, 0.29) is 16.6 Å². The Hall–Kier alpha value is -3.02. The van der Waals surface area contributed by atoms with E-state index < -0.39 is 4.92 Å². The quantitative estimate of drug-likeness (QED) is 0.547. The summed E-state index contributed by atoms with van der Waals surface area (Å²) in [6.45, 7) is 0.481. The number of benzene rings is 2. The molecular weight excluding hydrogens is 282 g/mol. The molecule has 0 saturated carbocycles. The molecule has 0 N–H and O–H groups in total. The Balaban J connectivity index is 1.95. The molecule has 1 heterocycles. The summed E-state index contributed by atoms with van der Waals surface area (Å²) in [7, 11) is 0. The van der Waals surface area contributed by atoms with Gasteiger partial charge in [-0.3, -0.25) is 19.5 Å². The molecule has 6 nitrogen and oxygen atoms in total. The van der Waals surface area contributed by atoms with Crippen LogP contribution in [-0.4, -0.2) is 14.5 Å². The highest BCUT2D eigenvalue weighted by atomic mass is 16.6. The van der Waals surface area contributed by atoms with Gasteiger partial charge in [-0.1, -0.05) is 30.3 Å². The summed E-state index contributed by atoms with van der Waals surface area (Å²) in [4.78, 5) is 26.9.